The summed E-state index contributed by atoms with van der Waals surface area (Å²) in [7, 11) is 2.03. The van der Waals surface area contributed by atoms with Crippen LogP contribution in [0.2, 0.25) is 0 Å². The van der Waals surface area contributed by atoms with Crippen molar-refractivity contribution in [1.82, 2.24) is 10.2 Å². The number of hydrogen-bond acceptors (Lipinski definition) is 3. The van der Waals surface area contributed by atoms with Gasteiger partial charge in [-0.25, -0.2) is 4.79 Å². The van der Waals surface area contributed by atoms with Crippen molar-refractivity contribution >= 4 is 11.7 Å². The molecular weight excluding hydrogens is 299 g/mol. The van der Waals surface area contributed by atoms with Gasteiger partial charge in [-0.15, -0.1) is 13.2 Å². The van der Waals surface area contributed by atoms with Crippen LogP contribution in [0.5, 0.6) is 5.75 Å². The highest BCUT2D eigenvalue weighted by molar-refractivity contribution is 5.89. The number of fused-ring (bicyclic) bond motifs is 1. The van der Waals surface area contributed by atoms with Gasteiger partial charge in [-0.1, -0.05) is 0 Å². The van der Waals surface area contributed by atoms with Crippen LogP contribution in [0.15, 0.2) is 24.3 Å². The molecule has 2 aliphatic heterocycles. The minimum absolute atomic E-state index is 0.151. The van der Waals surface area contributed by atoms with E-state index in [0.717, 1.165) is 25.1 Å². The molecular formula is C14H16F3N3O2. The Labute approximate surface area is 125 Å². The Morgan fingerprint density at radius 3 is 2.50 bits per heavy atom. The van der Waals surface area contributed by atoms with Crippen LogP contribution in [0.4, 0.5) is 23.7 Å². The Bertz CT molecular complexity index is 561. The molecule has 3 fully saturated rings. The van der Waals surface area contributed by atoms with Gasteiger partial charge in [0.1, 0.15) is 5.75 Å². The summed E-state index contributed by atoms with van der Waals surface area (Å²) in [6.07, 6.45) is -3.62. The number of carbonyl (C=O) groups excluding carboxylic acids is 1. The Morgan fingerprint density at radius 1 is 1.32 bits per heavy atom. The third kappa shape index (κ3) is 3.11. The van der Waals surface area contributed by atoms with E-state index in [1.807, 2.05) is 7.05 Å². The van der Waals surface area contributed by atoms with E-state index < -0.39 is 6.36 Å². The summed E-state index contributed by atoms with van der Waals surface area (Å²) in [4.78, 5) is 14.1. The van der Waals surface area contributed by atoms with Gasteiger partial charge in [0.25, 0.3) is 0 Å². The minimum atomic E-state index is -4.72. The summed E-state index contributed by atoms with van der Waals surface area (Å²) in [6, 6.07) is 5.23. The molecule has 3 aliphatic rings. The molecule has 1 aliphatic carbocycles. The van der Waals surface area contributed by atoms with Crippen molar-refractivity contribution in [3.63, 3.8) is 0 Å². The van der Waals surface area contributed by atoms with Crippen molar-refractivity contribution in [2.45, 2.75) is 24.9 Å². The summed E-state index contributed by atoms with van der Waals surface area (Å²) < 4.78 is 39.9. The molecule has 1 aromatic carbocycles. The predicted octanol–water partition coefficient (Wildman–Crippen LogP) is 2.41. The quantitative estimate of drug-likeness (QED) is 0.900. The fraction of sp³-hybridized carbons (Fsp3) is 0.500. The number of nitrogens with one attached hydrogen (secondary N) is 2. The van der Waals surface area contributed by atoms with Gasteiger partial charge in [0.2, 0.25) is 0 Å². The molecule has 2 bridgehead atoms. The van der Waals surface area contributed by atoms with Crippen LogP contribution >= 0.6 is 0 Å². The van der Waals surface area contributed by atoms with Gasteiger partial charge < -0.3 is 20.3 Å². The first kappa shape index (κ1) is 15.0. The maximum atomic E-state index is 12.0. The lowest BCUT2D eigenvalue weighted by Gasteiger charge is -2.36. The molecule has 8 heteroatoms. The topological polar surface area (TPSA) is 53.6 Å². The van der Waals surface area contributed by atoms with Crippen LogP contribution in [0, 0.1) is 5.92 Å². The third-order valence-corrected chi connectivity index (χ3v) is 4.20. The van der Waals surface area contributed by atoms with E-state index in [2.05, 4.69) is 20.3 Å². The van der Waals surface area contributed by atoms with Gasteiger partial charge in [0.05, 0.1) is 6.04 Å². The SMILES string of the molecule is CN1C[C@H]2C[C@@H]1C2NC(=O)Nc1ccc(OC(F)(F)F)cc1. The van der Waals surface area contributed by atoms with Crippen molar-refractivity contribution < 1.29 is 22.7 Å². The molecule has 0 spiro atoms. The lowest BCUT2D eigenvalue weighted by molar-refractivity contribution is -0.274. The Kier molecular flexibility index (Phi) is 3.64. The molecule has 3 atom stereocenters. The number of benzene rings is 1. The largest absolute Gasteiger partial charge is 0.573 e. The predicted molar refractivity (Wildman–Crippen MR) is 73.6 cm³/mol. The molecule has 120 valence electrons. The molecule has 5 nitrogen and oxygen atoms in total. The van der Waals surface area contributed by atoms with Gasteiger partial charge in [-0.3, -0.25) is 0 Å². The summed E-state index contributed by atoms with van der Waals surface area (Å²) in [6.45, 7) is 0.985. The number of carbonyl (C=O) groups is 1. The zero-order valence-electron chi connectivity index (χ0n) is 11.9. The van der Waals surface area contributed by atoms with Gasteiger partial charge in [-0.05, 0) is 43.7 Å². The Balaban J connectivity index is 1.52. The number of amides is 2. The summed E-state index contributed by atoms with van der Waals surface area (Å²) in [5.41, 5.74) is 0.409. The highest BCUT2D eigenvalue weighted by Gasteiger charge is 2.50. The molecule has 0 aromatic heterocycles. The second-order valence-electron chi connectivity index (χ2n) is 5.70. The maximum Gasteiger partial charge on any atom is 0.573 e. The number of urea groups is 1. The molecule has 1 aromatic rings. The second kappa shape index (κ2) is 5.35. The molecule has 2 heterocycles. The van der Waals surface area contributed by atoms with Crippen LogP contribution in [0.1, 0.15) is 6.42 Å². The highest BCUT2D eigenvalue weighted by Crippen LogP contribution is 2.39. The van der Waals surface area contributed by atoms with Crippen LogP contribution in [0.25, 0.3) is 0 Å². The average Bonchev–Trinajstić information content (AvgIpc) is 2.92. The number of likely N-dealkylation sites (N-methyl/N-ethyl adjacent to an activating group) is 1. The van der Waals surface area contributed by atoms with Gasteiger partial charge in [0.15, 0.2) is 0 Å². The van der Waals surface area contributed by atoms with Gasteiger partial charge >= 0.3 is 12.4 Å². The first-order chi connectivity index (χ1) is 10.3. The average molecular weight is 315 g/mol. The molecule has 1 saturated carbocycles. The molecule has 0 radical (unpaired) electrons. The normalized spacial score (nSPS) is 27.2. The highest BCUT2D eigenvalue weighted by atomic mass is 19.4. The number of halogens is 3. The maximum absolute atomic E-state index is 12.0. The fourth-order valence-electron chi connectivity index (χ4n) is 3.14. The van der Waals surface area contributed by atoms with E-state index in [0.29, 0.717) is 17.6 Å². The van der Waals surface area contributed by atoms with Crippen molar-refractivity contribution in [2.24, 2.45) is 5.92 Å². The van der Waals surface area contributed by atoms with Crippen LogP contribution < -0.4 is 15.4 Å². The summed E-state index contributed by atoms with van der Waals surface area (Å²) in [5, 5.41) is 5.52. The van der Waals surface area contributed by atoms with Crippen molar-refractivity contribution in [2.75, 3.05) is 18.9 Å². The van der Waals surface area contributed by atoms with Gasteiger partial charge in [-0.2, -0.15) is 0 Å². The Morgan fingerprint density at radius 2 is 2.00 bits per heavy atom. The molecule has 4 rings (SSSR count). The van der Waals surface area contributed by atoms with Crippen LogP contribution in [-0.2, 0) is 0 Å². The standard InChI is InChI=1S/C14H16F3N3O2/c1-20-7-8-6-11(20)12(8)19-13(21)18-9-2-4-10(5-3-9)22-14(15,16)17/h2-5,8,11-12H,6-7H2,1H3,(H2,18,19,21)/t8-,11-,12?/m1/s1. The molecule has 2 saturated heterocycles. The first-order valence-electron chi connectivity index (χ1n) is 6.95. The van der Waals surface area contributed by atoms with Crippen molar-refractivity contribution in [3.8, 4) is 5.75 Å². The second-order valence-corrected chi connectivity index (χ2v) is 5.70. The number of anilines is 1. The van der Waals surface area contributed by atoms with Crippen LogP contribution in [-0.4, -0.2) is 43.0 Å². The zero-order chi connectivity index (χ0) is 15.9. The number of alkyl halides is 3. The molecule has 1 unspecified atom stereocenters. The van der Waals surface area contributed by atoms with Crippen LogP contribution in [0.3, 0.4) is 0 Å². The fourth-order valence-corrected chi connectivity index (χ4v) is 3.14. The molecule has 2 N–H and O–H groups in total. The lowest BCUT2D eigenvalue weighted by Crippen LogP contribution is -2.55. The number of ether oxygens (including phenoxy) is 1. The lowest BCUT2D eigenvalue weighted by atomic mass is 9.80. The number of hydrogen-bond donors (Lipinski definition) is 2. The number of rotatable bonds is 3. The zero-order valence-corrected chi connectivity index (χ0v) is 11.9. The summed E-state index contributed by atoms with van der Waals surface area (Å²) in [5.74, 6) is 0.167. The smallest absolute Gasteiger partial charge is 0.406 e. The Hall–Kier alpha value is -1.96. The number of nitrogens with zero attached hydrogens (tertiary/aromatic N) is 1. The molecule has 22 heavy (non-hydrogen) atoms. The van der Waals surface area contributed by atoms with E-state index >= 15 is 0 Å². The monoisotopic (exact) mass is 315 g/mol. The van der Waals surface area contributed by atoms with E-state index in [1.54, 1.807) is 0 Å². The first-order valence-corrected chi connectivity index (χ1v) is 6.95. The van der Waals surface area contributed by atoms with Crippen molar-refractivity contribution in [3.05, 3.63) is 24.3 Å². The van der Waals surface area contributed by atoms with E-state index in [9.17, 15) is 18.0 Å². The third-order valence-electron chi connectivity index (χ3n) is 4.20. The van der Waals surface area contributed by atoms with E-state index in [1.165, 1.54) is 12.1 Å². The van der Waals surface area contributed by atoms with Gasteiger partial charge in [0, 0.05) is 18.3 Å². The minimum Gasteiger partial charge on any atom is -0.406 e. The molecule has 2 amide bonds. The van der Waals surface area contributed by atoms with E-state index in [-0.39, 0.29) is 17.8 Å². The van der Waals surface area contributed by atoms with Crippen molar-refractivity contribution in [1.29, 1.82) is 0 Å². The van der Waals surface area contributed by atoms with E-state index in [4.69, 9.17) is 0 Å². The summed E-state index contributed by atoms with van der Waals surface area (Å²) >= 11 is 0.